The van der Waals surface area contributed by atoms with Crippen molar-refractivity contribution in [3.05, 3.63) is 62.3 Å². The topological polar surface area (TPSA) is 78.9 Å². The fourth-order valence-electron chi connectivity index (χ4n) is 2.65. The summed E-state index contributed by atoms with van der Waals surface area (Å²) in [5.41, 5.74) is 0.422. The maximum Gasteiger partial charge on any atom is 0.325 e. The van der Waals surface area contributed by atoms with Crippen molar-refractivity contribution in [3.63, 3.8) is 0 Å². The van der Waals surface area contributed by atoms with Crippen LogP contribution in [0.25, 0.3) is 0 Å². The maximum atomic E-state index is 13.4. The molecule has 2 aromatic carbocycles. The predicted octanol–water partition coefficient (Wildman–Crippen LogP) is 3.93. The molecule has 2 aromatic rings. The van der Waals surface area contributed by atoms with Crippen LogP contribution in [0.15, 0.2) is 40.9 Å². The summed E-state index contributed by atoms with van der Waals surface area (Å²) in [6.07, 6.45) is -1.15. The van der Waals surface area contributed by atoms with E-state index in [4.69, 9.17) is 27.9 Å². The third kappa shape index (κ3) is 4.57. The van der Waals surface area contributed by atoms with E-state index in [1.54, 1.807) is 12.1 Å². The second kappa shape index (κ2) is 8.65. The van der Waals surface area contributed by atoms with Crippen LogP contribution in [0.1, 0.15) is 11.6 Å². The van der Waals surface area contributed by atoms with Gasteiger partial charge in [-0.05, 0) is 45.8 Å². The Balaban J connectivity index is 1.63. The van der Waals surface area contributed by atoms with Crippen molar-refractivity contribution in [1.29, 1.82) is 0 Å². The number of carbonyl (C=O) groups excluding carboxylic acids is 2. The molecule has 28 heavy (non-hydrogen) atoms. The summed E-state index contributed by atoms with van der Waals surface area (Å²) < 4.78 is 19.0. The van der Waals surface area contributed by atoms with E-state index in [1.165, 1.54) is 24.3 Å². The first kappa shape index (κ1) is 20.9. The van der Waals surface area contributed by atoms with E-state index in [0.717, 1.165) is 4.90 Å². The minimum absolute atomic E-state index is 0.178. The van der Waals surface area contributed by atoms with Crippen LogP contribution in [-0.4, -0.2) is 41.2 Å². The standard InChI is InChI=1S/C18H14BrCl2FN2O4/c19-12-5-9(1-4-14(12)22)16-17(26)24(18(27)23-16)7-11(25)8-28-15-6-10(20)2-3-13(15)21/h1-6,11,16,25H,7-8H2,(H,23,27)/t11-,16-/m1/s1. The third-order valence-electron chi connectivity index (χ3n) is 4.02. The van der Waals surface area contributed by atoms with Crippen molar-refractivity contribution >= 4 is 51.1 Å². The van der Waals surface area contributed by atoms with Crippen molar-refractivity contribution < 1.29 is 23.8 Å². The molecule has 148 valence electrons. The maximum absolute atomic E-state index is 13.4. The number of ether oxygens (including phenoxy) is 1. The van der Waals surface area contributed by atoms with Crippen LogP contribution in [0.4, 0.5) is 9.18 Å². The molecule has 0 spiro atoms. The van der Waals surface area contributed by atoms with Gasteiger partial charge in [-0.3, -0.25) is 9.69 Å². The monoisotopic (exact) mass is 490 g/mol. The Kier molecular flexibility index (Phi) is 6.44. The molecule has 0 aromatic heterocycles. The van der Waals surface area contributed by atoms with Gasteiger partial charge in [0.15, 0.2) is 0 Å². The van der Waals surface area contributed by atoms with E-state index in [2.05, 4.69) is 21.2 Å². The van der Waals surface area contributed by atoms with Gasteiger partial charge in [-0.15, -0.1) is 0 Å². The Morgan fingerprint density at radius 2 is 2.00 bits per heavy atom. The first-order chi connectivity index (χ1) is 13.3. The number of halogens is 4. The van der Waals surface area contributed by atoms with E-state index < -0.39 is 29.9 Å². The number of hydrogen-bond acceptors (Lipinski definition) is 4. The number of amides is 3. The quantitative estimate of drug-likeness (QED) is 0.600. The molecule has 0 saturated carbocycles. The Morgan fingerprint density at radius 3 is 2.71 bits per heavy atom. The smallest absolute Gasteiger partial charge is 0.325 e. The molecule has 0 unspecified atom stereocenters. The molecule has 1 heterocycles. The number of imide groups is 1. The summed E-state index contributed by atoms with van der Waals surface area (Å²) >= 11 is 14.9. The van der Waals surface area contributed by atoms with Gasteiger partial charge in [-0.2, -0.15) is 0 Å². The SMILES string of the molecule is O=C1N[C@H](c2ccc(F)c(Br)c2)C(=O)N1C[C@@H](O)COc1cc(Cl)ccc1Cl. The first-order valence-corrected chi connectivity index (χ1v) is 9.64. The number of nitrogens with one attached hydrogen (secondary N) is 1. The zero-order valence-corrected chi connectivity index (χ0v) is 17.3. The van der Waals surface area contributed by atoms with E-state index in [-0.39, 0.29) is 23.4 Å². The number of rotatable bonds is 6. The summed E-state index contributed by atoms with van der Waals surface area (Å²) in [6.45, 7) is -0.481. The predicted molar refractivity (Wildman–Crippen MR) is 105 cm³/mol. The summed E-state index contributed by atoms with van der Waals surface area (Å²) in [5.74, 6) is -0.757. The summed E-state index contributed by atoms with van der Waals surface area (Å²) in [4.78, 5) is 25.6. The molecule has 2 atom stereocenters. The lowest BCUT2D eigenvalue weighted by atomic mass is 10.1. The molecule has 1 aliphatic heterocycles. The number of hydrogen-bond donors (Lipinski definition) is 2. The van der Waals surface area contributed by atoms with Crippen molar-refractivity contribution in [3.8, 4) is 5.75 Å². The summed E-state index contributed by atoms with van der Waals surface area (Å²) in [5, 5.41) is 13.4. The minimum atomic E-state index is -1.15. The van der Waals surface area contributed by atoms with Crippen LogP contribution < -0.4 is 10.1 Å². The van der Waals surface area contributed by atoms with Crippen molar-refractivity contribution in [2.45, 2.75) is 12.1 Å². The van der Waals surface area contributed by atoms with Gasteiger partial charge < -0.3 is 15.2 Å². The zero-order chi connectivity index (χ0) is 20.4. The zero-order valence-electron chi connectivity index (χ0n) is 14.2. The van der Waals surface area contributed by atoms with Crippen LogP contribution in [-0.2, 0) is 4.79 Å². The molecule has 0 bridgehead atoms. The normalized spacial score (nSPS) is 17.6. The number of benzene rings is 2. The number of nitrogens with zero attached hydrogens (tertiary/aromatic N) is 1. The first-order valence-electron chi connectivity index (χ1n) is 8.09. The molecular weight excluding hydrogens is 478 g/mol. The Bertz CT molecular complexity index is 930. The van der Waals surface area contributed by atoms with Crippen molar-refractivity contribution in [2.75, 3.05) is 13.2 Å². The van der Waals surface area contributed by atoms with Gasteiger partial charge in [0.2, 0.25) is 0 Å². The second-order valence-electron chi connectivity index (χ2n) is 6.04. The van der Waals surface area contributed by atoms with Crippen molar-refractivity contribution in [2.24, 2.45) is 0 Å². The average molecular weight is 492 g/mol. The highest BCUT2D eigenvalue weighted by Gasteiger charge is 2.40. The average Bonchev–Trinajstić information content (AvgIpc) is 2.93. The van der Waals surface area contributed by atoms with Gasteiger partial charge in [0.1, 0.15) is 30.3 Å². The Morgan fingerprint density at radius 1 is 1.25 bits per heavy atom. The van der Waals surface area contributed by atoms with Crippen LogP contribution >= 0.6 is 39.1 Å². The highest BCUT2D eigenvalue weighted by atomic mass is 79.9. The molecule has 1 aliphatic rings. The molecule has 1 fully saturated rings. The molecule has 1 saturated heterocycles. The largest absolute Gasteiger partial charge is 0.489 e. The van der Waals surface area contributed by atoms with Gasteiger partial charge >= 0.3 is 6.03 Å². The molecular formula is C18H14BrCl2FN2O4. The van der Waals surface area contributed by atoms with E-state index in [9.17, 15) is 19.1 Å². The Labute approximate surface area is 178 Å². The molecule has 3 amide bonds. The van der Waals surface area contributed by atoms with E-state index in [1.807, 2.05) is 0 Å². The molecule has 0 aliphatic carbocycles. The summed E-state index contributed by atoms with van der Waals surface area (Å²) in [7, 11) is 0. The minimum Gasteiger partial charge on any atom is -0.489 e. The fourth-order valence-corrected chi connectivity index (χ4v) is 3.38. The number of aliphatic hydroxyl groups excluding tert-OH is 1. The van der Waals surface area contributed by atoms with Gasteiger partial charge in [0.25, 0.3) is 5.91 Å². The Hall–Kier alpha value is -1.87. The molecule has 3 rings (SSSR count). The number of carbonyl (C=O) groups is 2. The molecule has 6 nitrogen and oxygen atoms in total. The second-order valence-corrected chi connectivity index (χ2v) is 7.74. The lowest BCUT2D eigenvalue weighted by molar-refractivity contribution is -0.128. The summed E-state index contributed by atoms with van der Waals surface area (Å²) in [6, 6.07) is 7.04. The van der Waals surface area contributed by atoms with Crippen LogP contribution in [0.2, 0.25) is 10.0 Å². The van der Waals surface area contributed by atoms with Crippen LogP contribution in [0.5, 0.6) is 5.75 Å². The van der Waals surface area contributed by atoms with Gasteiger partial charge in [-0.1, -0.05) is 29.3 Å². The fraction of sp³-hybridized carbons (Fsp3) is 0.222. The number of urea groups is 1. The number of β-amino-alcohol motifs (C(OH)–C–C–N with tert-alkyl or cyclic N) is 1. The van der Waals surface area contributed by atoms with Gasteiger partial charge in [-0.25, -0.2) is 9.18 Å². The van der Waals surface area contributed by atoms with Gasteiger partial charge in [0, 0.05) is 11.1 Å². The molecule has 0 radical (unpaired) electrons. The molecule has 10 heteroatoms. The van der Waals surface area contributed by atoms with E-state index >= 15 is 0 Å². The third-order valence-corrected chi connectivity index (χ3v) is 5.18. The molecule has 2 N–H and O–H groups in total. The highest BCUT2D eigenvalue weighted by molar-refractivity contribution is 9.10. The highest BCUT2D eigenvalue weighted by Crippen LogP contribution is 2.28. The van der Waals surface area contributed by atoms with Crippen molar-refractivity contribution in [1.82, 2.24) is 10.2 Å². The van der Waals surface area contributed by atoms with E-state index in [0.29, 0.717) is 15.6 Å². The van der Waals surface area contributed by atoms with Gasteiger partial charge in [0.05, 0.1) is 16.0 Å². The lowest BCUT2D eigenvalue weighted by Gasteiger charge is -2.18. The van der Waals surface area contributed by atoms with Crippen LogP contribution in [0.3, 0.4) is 0 Å². The lowest BCUT2D eigenvalue weighted by Crippen LogP contribution is -2.39. The van der Waals surface area contributed by atoms with Crippen LogP contribution in [0, 0.1) is 5.82 Å². The number of aliphatic hydroxyl groups is 1.